The highest BCUT2D eigenvalue weighted by Crippen LogP contribution is 2.33. The SMILES string of the molecule is O=C(O)c1cc(CN2C(=O)c3ccccc3C2=O)sc1NC1CCCCO1. The Labute approximate surface area is 159 Å². The van der Waals surface area contributed by atoms with Gasteiger partial charge in [0.25, 0.3) is 11.8 Å². The molecule has 2 amide bonds. The monoisotopic (exact) mass is 386 g/mol. The summed E-state index contributed by atoms with van der Waals surface area (Å²) < 4.78 is 5.62. The molecule has 1 unspecified atom stereocenters. The number of hydrogen-bond acceptors (Lipinski definition) is 6. The molecule has 2 aromatic rings. The van der Waals surface area contributed by atoms with Crippen molar-refractivity contribution < 1.29 is 24.2 Å². The molecular weight excluding hydrogens is 368 g/mol. The van der Waals surface area contributed by atoms with E-state index in [2.05, 4.69) is 5.32 Å². The highest BCUT2D eigenvalue weighted by molar-refractivity contribution is 7.16. The number of carbonyl (C=O) groups excluding carboxylic acids is 2. The number of anilines is 1. The highest BCUT2D eigenvalue weighted by atomic mass is 32.1. The van der Waals surface area contributed by atoms with E-state index in [0.29, 0.717) is 27.6 Å². The van der Waals surface area contributed by atoms with Crippen LogP contribution >= 0.6 is 11.3 Å². The molecule has 140 valence electrons. The fraction of sp³-hybridized carbons (Fsp3) is 0.316. The van der Waals surface area contributed by atoms with Crippen LogP contribution in [-0.2, 0) is 11.3 Å². The Hall–Kier alpha value is -2.71. The number of carboxylic acids is 1. The fourth-order valence-electron chi connectivity index (χ4n) is 3.33. The van der Waals surface area contributed by atoms with Gasteiger partial charge in [-0.3, -0.25) is 14.5 Å². The van der Waals surface area contributed by atoms with Crippen molar-refractivity contribution >= 4 is 34.1 Å². The van der Waals surface area contributed by atoms with Crippen molar-refractivity contribution in [1.82, 2.24) is 4.90 Å². The lowest BCUT2D eigenvalue weighted by atomic mass is 10.1. The van der Waals surface area contributed by atoms with Crippen molar-refractivity contribution in [3.8, 4) is 0 Å². The second-order valence-corrected chi connectivity index (χ2v) is 7.64. The minimum Gasteiger partial charge on any atom is -0.478 e. The van der Waals surface area contributed by atoms with E-state index in [4.69, 9.17) is 4.74 Å². The quantitative estimate of drug-likeness (QED) is 0.766. The van der Waals surface area contributed by atoms with Crippen LogP contribution in [0.1, 0.15) is 55.2 Å². The Morgan fingerprint density at radius 1 is 1.22 bits per heavy atom. The molecule has 0 saturated carbocycles. The van der Waals surface area contributed by atoms with Crippen LogP contribution in [0.4, 0.5) is 5.00 Å². The van der Waals surface area contributed by atoms with Gasteiger partial charge in [-0.15, -0.1) is 11.3 Å². The zero-order chi connectivity index (χ0) is 19.0. The zero-order valence-corrected chi connectivity index (χ0v) is 15.3. The molecule has 2 aliphatic heterocycles. The summed E-state index contributed by atoms with van der Waals surface area (Å²) in [5, 5.41) is 13.1. The van der Waals surface area contributed by atoms with Crippen molar-refractivity contribution in [1.29, 1.82) is 0 Å². The third-order valence-electron chi connectivity index (χ3n) is 4.68. The van der Waals surface area contributed by atoms with Crippen LogP contribution in [-0.4, -0.2) is 40.6 Å². The second-order valence-electron chi connectivity index (χ2n) is 6.50. The number of benzene rings is 1. The maximum absolute atomic E-state index is 12.5. The average Bonchev–Trinajstić information content (AvgIpc) is 3.18. The summed E-state index contributed by atoms with van der Waals surface area (Å²) in [6.45, 7) is 0.692. The summed E-state index contributed by atoms with van der Waals surface area (Å²) in [6, 6.07) is 8.20. The van der Waals surface area contributed by atoms with Gasteiger partial charge in [0, 0.05) is 11.5 Å². The van der Waals surface area contributed by atoms with Crippen molar-refractivity contribution in [3.63, 3.8) is 0 Å². The first-order valence-corrected chi connectivity index (χ1v) is 9.55. The van der Waals surface area contributed by atoms with Gasteiger partial charge in [-0.1, -0.05) is 12.1 Å². The predicted molar refractivity (Wildman–Crippen MR) is 99.1 cm³/mol. The number of amides is 2. The first-order valence-electron chi connectivity index (χ1n) is 8.74. The minimum absolute atomic E-state index is 0.0461. The molecule has 1 fully saturated rings. The van der Waals surface area contributed by atoms with Gasteiger partial charge in [-0.05, 0) is 37.5 Å². The molecule has 1 aromatic heterocycles. The number of carbonyl (C=O) groups is 3. The third-order valence-corrected chi connectivity index (χ3v) is 5.73. The third kappa shape index (κ3) is 3.33. The van der Waals surface area contributed by atoms with Gasteiger partial charge in [0.2, 0.25) is 0 Å². The number of rotatable bonds is 5. The van der Waals surface area contributed by atoms with Crippen LogP contribution in [0.3, 0.4) is 0 Å². The largest absolute Gasteiger partial charge is 0.478 e. The van der Waals surface area contributed by atoms with E-state index < -0.39 is 5.97 Å². The van der Waals surface area contributed by atoms with Crippen LogP contribution < -0.4 is 5.32 Å². The summed E-state index contributed by atoms with van der Waals surface area (Å²) >= 11 is 1.23. The van der Waals surface area contributed by atoms with Crippen LogP contribution in [0.15, 0.2) is 30.3 Å². The Balaban J connectivity index is 1.56. The molecule has 0 radical (unpaired) electrons. The van der Waals surface area contributed by atoms with Crippen LogP contribution in [0.2, 0.25) is 0 Å². The van der Waals surface area contributed by atoms with Crippen molar-refractivity contribution in [2.75, 3.05) is 11.9 Å². The van der Waals surface area contributed by atoms with Gasteiger partial charge < -0.3 is 15.2 Å². The normalized spacial score (nSPS) is 19.3. The lowest BCUT2D eigenvalue weighted by molar-refractivity contribution is 0.0344. The molecular formula is C19H18N2O5S. The Kier molecular flexibility index (Phi) is 4.67. The standard InChI is InChI=1S/C19H18N2O5S/c22-17-12-5-1-2-6-13(12)18(23)21(17)10-11-9-14(19(24)25)16(27-11)20-15-7-3-4-8-26-15/h1-2,5-6,9,15,20H,3-4,7-8,10H2,(H,24,25). The van der Waals surface area contributed by atoms with Crippen molar-refractivity contribution in [2.45, 2.75) is 32.0 Å². The Morgan fingerprint density at radius 3 is 2.52 bits per heavy atom. The van der Waals surface area contributed by atoms with Crippen LogP contribution in [0.5, 0.6) is 0 Å². The lowest BCUT2D eigenvalue weighted by Crippen LogP contribution is -2.28. The molecule has 3 heterocycles. The van der Waals surface area contributed by atoms with Gasteiger partial charge in [-0.2, -0.15) is 0 Å². The van der Waals surface area contributed by atoms with E-state index in [-0.39, 0.29) is 30.2 Å². The molecule has 2 N–H and O–H groups in total. The number of nitrogens with zero attached hydrogens (tertiary/aromatic N) is 1. The predicted octanol–water partition coefficient (Wildman–Crippen LogP) is 3.18. The summed E-state index contributed by atoms with van der Waals surface area (Å²) in [7, 11) is 0. The Morgan fingerprint density at radius 2 is 1.93 bits per heavy atom. The summed E-state index contributed by atoms with van der Waals surface area (Å²) in [5.41, 5.74) is 0.888. The van der Waals surface area contributed by atoms with E-state index in [0.717, 1.165) is 24.2 Å². The van der Waals surface area contributed by atoms with E-state index in [1.807, 2.05) is 0 Å². The molecule has 8 heteroatoms. The van der Waals surface area contributed by atoms with Gasteiger partial charge in [0.05, 0.1) is 23.2 Å². The van der Waals surface area contributed by atoms with Gasteiger partial charge >= 0.3 is 5.97 Å². The molecule has 27 heavy (non-hydrogen) atoms. The van der Waals surface area contributed by atoms with E-state index in [9.17, 15) is 19.5 Å². The molecule has 1 saturated heterocycles. The molecule has 2 aliphatic rings. The number of thiophene rings is 1. The van der Waals surface area contributed by atoms with Gasteiger partial charge in [0.15, 0.2) is 0 Å². The van der Waals surface area contributed by atoms with Gasteiger partial charge in [0.1, 0.15) is 11.2 Å². The van der Waals surface area contributed by atoms with E-state index in [1.54, 1.807) is 24.3 Å². The second kappa shape index (κ2) is 7.13. The number of imide groups is 1. The topological polar surface area (TPSA) is 95.9 Å². The average molecular weight is 386 g/mol. The summed E-state index contributed by atoms with van der Waals surface area (Å²) in [5.74, 6) is -1.77. The fourth-order valence-corrected chi connectivity index (χ4v) is 4.40. The number of ether oxygens (including phenoxy) is 1. The molecule has 7 nitrogen and oxygen atoms in total. The summed E-state index contributed by atoms with van der Waals surface area (Å²) in [6.07, 6.45) is 2.61. The number of fused-ring (bicyclic) bond motifs is 1. The maximum atomic E-state index is 12.5. The molecule has 0 bridgehead atoms. The van der Waals surface area contributed by atoms with E-state index >= 15 is 0 Å². The van der Waals surface area contributed by atoms with Crippen molar-refractivity contribution in [3.05, 3.63) is 51.9 Å². The van der Waals surface area contributed by atoms with Gasteiger partial charge in [-0.25, -0.2) is 4.79 Å². The molecule has 1 aromatic carbocycles. The smallest absolute Gasteiger partial charge is 0.338 e. The van der Waals surface area contributed by atoms with E-state index in [1.165, 1.54) is 17.4 Å². The number of carboxylic acid groups (broad SMARTS) is 1. The van der Waals surface area contributed by atoms with Crippen LogP contribution in [0, 0.1) is 0 Å². The maximum Gasteiger partial charge on any atom is 0.338 e. The number of nitrogens with one attached hydrogen (secondary N) is 1. The molecule has 0 aliphatic carbocycles. The summed E-state index contributed by atoms with van der Waals surface area (Å²) in [4.78, 5) is 38.4. The molecule has 0 spiro atoms. The van der Waals surface area contributed by atoms with Crippen molar-refractivity contribution in [2.24, 2.45) is 0 Å². The molecule has 4 rings (SSSR count). The first kappa shape index (κ1) is 17.7. The zero-order valence-electron chi connectivity index (χ0n) is 14.4. The van der Waals surface area contributed by atoms with Crippen LogP contribution in [0.25, 0.3) is 0 Å². The number of aromatic carboxylic acids is 1. The first-order chi connectivity index (χ1) is 13.0. The highest BCUT2D eigenvalue weighted by Gasteiger charge is 2.35. The minimum atomic E-state index is -1.06. The molecule has 1 atom stereocenters. The Bertz CT molecular complexity index is 882. The lowest BCUT2D eigenvalue weighted by Gasteiger charge is -2.24. The number of hydrogen-bond donors (Lipinski definition) is 2.